The van der Waals surface area contributed by atoms with E-state index in [9.17, 15) is 0 Å². The van der Waals surface area contributed by atoms with Gasteiger partial charge in [-0.15, -0.1) is 0 Å². The van der Waals surface area contributed by atoms with Crippen molar-refractivity contribution in [1.82, 2.24) is 0 Å². The van der Waals surface area contributed by atoms with Gasteiger partial charge in [-0.05, 0) is 30.7 Å². The molecule has 2 heteroatoms. The summed E-state index contributed by atoms with van der Waals surface area (Å²) < 4.78 is 0. The second-order valence-electron chi connectivity index (χ2n) is 3.47. The molecule has 1 aromatic rings. The summed E-state index contributed by atoms with van der Waals surface area (Å²) >= 11 is 0. The minimum absolute atomic E-state index is 0.715. The van der Waals surface area contributed by atoms with Gasteiger partial charge in [0, 0.05) is 19.8 Å². The summed E-state index contributed by atoms with van der Waals surface area (Å²) in [6.07, 6.45) is 5.15. The molecule has 1 aromatic carbocycles. The number of hydrogen-bond donors (Lipinski definition) is 1. The van der Waals surface area contributed by atoms with Crippen molar-refractivity contribution in [2.45, 2.75) is 6.42 Å². The van der Waals surface area contributed by atoms with Crippen LogP contribution in [0.3, 0.4) is 0 Å². The average Bonchev–Trinajstić information content (AvgIpc) is 2.19. The number of hydrogen-bond acceptors (Lipinski definition) is 2. The highest BCUT2D eigenvalue weighted by molar-refractivity contribution is 5.55. The lowest BCUT2D eigenvalue weighted by Crippen LogP contribution is -2.07. The zero-order chi connectivity index (χ0) is 10.4. The molecule has 0 atom stereocenters. The molecule has 0 saturated heterocycles. The van der Waals surface area contributed by atoms with E-state index in [0.29, 0.717) is 6.54 Å². The van der Waals surface area contributed by atoms with Crippen LogP contribution in [0.4, 0.5) is 5.69 Å². The highest BCUT2D eigenvalue weighted by Gasteiger charge is 1.92. The third kappa shape index (κ3) is 3.23. The maximum absolute atomic E-state index is 5.40. The van der Waals surface area contributed by atoms with Crippen LogP contribution in [0.2, 0.25) is 0 Å². The molecule has 0 fully saturated rings. The Morgan fingerprint density at radius 2 is 1.86 bits per heavy atom. The first-order chi connectivity index (χ1) is 6.74. The van der Waals surface area contributed by atoms with Gasteiger partial charge in [0.15, 0.2) is 0 Å². The van der Waals surface area contributed by atoms with Crippen LogP contribution in [-0.4, -0.2) is 20.6 Å². The van der Waals surface area contributed by atoms with Crippen molar-refractivity contribution in [3.63, 3.8) is 0 Å². The third-order valence-electron chi connectivity index (χ3n) is 2.05. The van der Waals surface area contributed by atoms with Crippen molar-refractivity contribution in [2.24, 2.45) is 5.73 Å². The van der Waals surface area contributed by atoms with Crippen LogP contribution in [-0.2, 0) is 0 Å². The van der Waals surface area contributed by atoms with Crippen molar-refractivity contribution in [3.05, 3.63) is 35.9 Å². The van der Waals surface area contributed by atoms with Crippen LogP contribution in [0.15, 0.2) is 30.3 Å². The molecule has 2 N–H and O–H groups in total. The largest absolute Gasteiger partial charge is 0.378 e. The van der Waals surface area contributed by atoms with E-state index in [-0.39, 0.29) is 0 Å². The predicted octanol–water partition coefficient (Wildman–Crippen LogP) is 2.11. The van der Waals surface area contributed by atoms with E-state index in [1.807, 2.05) is 14.1 Å². The van der Waals surface area contributed by atoms with E-state index in [0.717, 1.165) is 6.42 Å². The summed E-state index contributed by atoms with van der Waals surface area (Å²) in [5, 5.41) is 0. The number of benzene rings is 1. The Bertz CT molecular complexity index is 286. The summed E-state index contributed by atoms with van der Waals surface area (Å²) in [7, 11) is 4.08. The SMILES string of the molecule is CN(C)c1ccc(C=CCCN)cc1. The third-order valence-corrected chi connectivity index (χ3v) is 2.05. The molecule has 0 aliphatic heterocycles. The smallest absolute Gasteiger partial charge is 0.0361 e. The molecule has 2 nitrogen and oxygen atoms in total. The van der Waals surface area contributed by atoms with Crippen LogP contribution in [0, 0.1) is 0 Å². The molecule has 1 rings (SSSR count). The van der Waals surface area contributed by atoms with Gasteiger partial charge in [-0.1, -0.05) is 24.3 Å². The summed E-state index contributed by atoms with van der Waals surface area (Å²) in [5.74, 6) is 0. The molecule has 76 valence electrons. The first-order valence-corrected chi connectivity index (χ1v) is 4.88. The second kappa shape index (κ2) is 5.45. The van der Waals surface area contributed by atoms with E-state index in [2.05, 4.69) is 41.3 Å². The van der Waals surface area contributed by atoms with Gasteiger partial charge in [-0.2, -0.15) is 0 Å². The van der Waals surface area contributed by atoms with Gasteiger partial charge in [0.25, 0.3) is 0 Å². The number of nitrogens with two attached hydrogens (primary N) is 1. The van der Waals surface area contributed by atoms with E-state index < -0.39 is 0 Å². The lowest BCUT2D eigenvalue weighted by molar-refractivity contribution is 1.01. The normalized spacial score (nSPS) is 10.8. The molecule has 0 saturated carbocycles. The Balaban J connectivity index is 2.64. The second-order valence-corrected chi connectivity index (χ2v) is 3.47. The summed E-state index contributed by atoms with van der Waals surface area (Å²) in [6, 6.07) is 8.45. The van der Waals surface area contributed by atoms with Crippen LogP contribution in [0.5, 0.6) is 0 Å². The van der Waals surface area contributed by atoms with E-state index in [4.69, 9.17) is 5.73 Å². The van der Waals surface area contributed by atoms with Crippen molar-refractivity contribution in [2.75, 3.05) is 25.5 Å². The Morgan fingerprint density at radius 3 is 2.36 bits per heavy atom. The standard InChI is InChI=1S/C12H18N2/c1-14(2)12-8-6-11(7-9-12)5-3-4-10-13/h3,5-9H,4,10,13H2,1-2H3. The quantitative estimate of drug-likeness (QED) is 0.788. The summed E-state index contributed by atoms with van der Waals surface area (Å²) in [6.45, 7) is 0.715. The molecule has 0 aliphatic rings. The molecule has 0 spiro atoms. The van der Waals surface area contributed by atoms with E-state index in [1.54, 1.807) is 0 Å². The lowest BCUT2D eigenvalue weighted by atomic mass is 10.2. The van der Waals surface area contributed by atoms with Crippen molar-refractivity contribution >= 4 is 11.8 Å². The maximum Gasteiger partial charge on any atom is 0.0361 e. The van der Waals surface area contributed by atoms with Gasteiger partial charge in [0.1, 0.15) is 0 Å². The fourth-order valence-corrected chi connectivity index (χ4v) is 1.20. The molecular weight excluding hydrogens is 172 g/mol. The van der Waals surface area contributed by atoms with E-state index >= 15 is 0 Å². The van der Waals surface area contributed by atoms with Crippen LogP contribution in [0.1, 0.15) is 12.0 Å². The molecule has 14 heavy (non-hydrogen) atoms. The Morgan fingerprint density at radius 1 is 1.21 bits per heavy atom. The van der Waals surface area contributed by atoms with E-state index in [1.165, 1.54) is 11.3 Å². The van der Waals surface area contributed by atoms with Crippen LogP contribution < -0.4 is 10.6 Å². The molecule has 0 radical (unpaired) electrons. The van der Waals surface area contributed by atoms with Gasteiger partial charge in [-0.3, -0.25) is 0 Å². The molecule has 0 amide bonds. The van der Waals surface area contributed by atoms with Crippen molar-refractivity contribution < 1.29 is 0 Å². The molecule has 0 bridgehead atoms. The van der Waals surface area contributed by atoms with Gasteiger partial charge in [-0.25, -0.2) is 0 Å². The first kappa shape index (κ1) is 10.8. The Kier molecular flexibility index (Phi) is 4.20. The number of nitrogens with zero attached hydrogens (tertiary/aromatic N) is 1. The topological polar surface area (TPSA) is 29.3 Å². The number of anilines is 1. The molecule has 0 aromatic heterocycles. The molecule has 0 unspecified atom stereocenters. The fourth-order valence-electron chi connectivity index (χ4n) is 1.20. The predicted molar refractivity (Wildman–Crippen MR) is 63.5 cm³/mol. The molecule has 0 heterocycles. The van der Waals surface area contributed by atoms with Crippen LogP contribution >= 0.6 is 0 Å². The summed E-state index contributed by atoms with van der Waals surface area (Å²) in [5.41, 5.74) is 7.85. The number of rotatable bonds is 4. The zero-order valence-electron chi connectivity index (χ0n) is 8.90. The highest BCUT2D eigenvalue weighted by Crippen LogP contribution is 2.13. The average molecular weight is 190 g/mol. The van der Waals surface area contributed by atoms with Gasteiger partial charge in [0.05, 0.1) is 0 Å². The molecule has 0 aliphatic carbocycles. The fraction of sp³-hybridized carbons (Fsp3) is 0.333. The summed E-state index contributed by atoms with van der Waals surface area (Å²) in [4.78, 5) is 2.09. The minimum atomic E-state index is 0.715. The first-order valence-electron chi connectivity index (χ1n) is 4.88. The van der Waals surface area contributed by atoms with Gasteiger partial charge < -0.3 is 10.6 Å². The minimum Gasteiger partial charge on any atom is -0.378 e. The zero-order valence-corrected chi connectivity index (χ0v) is 8.90. The van der Waals surface area contributed by atoms with Crippen molar-refractivity contribution in [1.29, 1.82) is 0 Å². The van der Waals surface area contributed by atoms with Gasteiger partial charge >= 0.3 is 0 Å². The maximum atomic E-state index is 5.40. The highest BCUT2D eigenvalue weighted by atomic mass is 15.1. The molecular formula is C12H18N2. The van der Waals surface area contributed by atoms with Crippen molar-refractivity contribution in [3.8, 4) is 0 Å². The van der Waals surface area contributed by atoms with Crippen LogP contribution in [0.25, 0.3) is 6.08 Å². The Hall–Kier alpha value is -1.28. The Labute approximate surface area is 86.0 Å². The lowest BCUT2D eigenvalue weighted by Gasteiger charge is -2.11. The monoisotopic (exact) mass is 190 g/mol. The van der Waals surface area contributed by atoms with Gasteiger partial charge in [0.2, 0.25) is 0 Å².